The van der Waals surface area contributed by atoms with Crippen LogP contribution in [0.5, 0.6) is 0 Å². The van der Waals surface area contributed by atoms with Crippen LogP contribution < -0.4 is 0 Å². The Balaban J connectivity index is 2.53. The molecule has 0 bridgehead atoms. The molecule has 88 valence electrons. The van der Waals surface area contributed by atoms with Crippen LogP contribution >= 0.6 is 0 Å². The van der Waals surface area contributed by atoms with Crippen molar-refractivity contribution >= 4 is 5.78 Å². The molecule has 0 amide bonds. The highest BCUT2D eigenvalue weighted by atomic mass is 16.1. The standard InChI is InChI=1S/C14H26O/c1-10(6-8-12(3)15)13-9-7-11(2)14(13,4)5/h10-11,13H,6-9H2,1-5H3/t10-,11-,13-/m1/s1. The summed E-state index contributed by atoms with van der Waals surface area (Å²) in [5.74, 6) is 2.69. The maximum atomic E-state index is 11.0. The molecule has 0 aliphatic heterocycles. The zero-order valence-corrected chi connectivity index (χ0v) is 11.0. The Hall–Kier alpha value is -0.330. The zero-order valence-electron chi connectivity index (χ0n) is 11.0. The van der Waals surface area contributed by atoms with E-state index in [2.05, 4.69) is 27.7 Å². The van der Waals surface area contributed by atoms with Crippen molar-refractivity contribution in [1.29, 1.82) is 0 Å². The number of carbonyl (C=O) groups excluding carboxylic acids is 1. The number of hydrogen-bond acceptors (Lipinski definition) is 1. The Morgan fingerprint density at radius 1 is 1.40 bits per heavy atom. The molecule has 0 unspecified atom stereocenters. The molecule has 0 aromatic heterocycles. The lowest BCUT2D eigenvalue weighted by Gasteiger charge is -2.35. The van der Waals surface area contributed by atoms with Gasteiger partial charge in [0, 0.05) is 6.42 Å². The van der Waals surface area contributed by atoms with E-state index in [1.165, 1.54) is 12.8 Å². The molecule has 0 aromatic rings. The summed E-state index contributed by atoms with van der Waals surface area (Å²) >= 11 is 0. The first-order valence-electron chi connectivity index (χ1n) is 6.35. The van der Waals surface area contributed by atoms with E-state index >= 15 is 0 Å². The molecular weight excluding hydrogens is 184 g/mol. The predicted octanol–water partition coefficient (Wildman–Crippen LogP) is 4.06. The fourth-order valence-corrected chi connectivity index (χ4v) is 3.19. The fraction of sp³-hybridized carbons (Fsp3) is 0.929. The van der Waals surface area contributed by atoms with Gasteiger partial charge < -0.3 is 4.79 Å². The lowest BCUT2D eigenvalue weighted by atomic mass is 9.70. The average molecular weight is 210 g/mol. The van der Waals surface area contributed by atoms with Crippen molar-refractivity contribution in [2.45, 2.75) is 60.3 Å². The fourth-order valence-electron chi connectivity index (χ4n) is 3.19. The van der Waals surface area contributed by atoms with Gasteiger partial charge in [0.1, 0.15) is 5.78 Å². The minimum atomic E-state index is 0.339. The second-order valence-electron chi connectivity index (χ2n) is 6.12. The van der Waals surface area contributed by atoms with Crippen LogP contribution in [-0.2, 0) is 4.79 Å². The van der Waals surface area contributed by atoms with Crippen LogP contribution in [0.25, 0.3) is 0 Å². The summed E-state index contributed by atoms with van der Waals surface area (Å²) in [5.41, 5.74) is 0.468. The van der Waals surface area contributed by atoms with Crippen LogP contribution in [-0.4, -0.2) is 5.78 Å². The van der Waals surface area contributed by atoms with Crippen LogP contribution in [0.2, 0.25) is 0 Å². The Bertz CT molecular complexity index is 229. The summed E-state index contributed by atoms with van der Waals surface area (Å²) in [7, 11) is 0. The maximum absolute atomic E-state index is 11.0. The molecule has 0 radical (unpaired) electrons. The Kier molecular flexibility index (Phi) is 3.97. The van der Waals surface area contributed by atoms with Gasteiger partial charge in [-0.25, -0.2) is 0 Å². The smallest absolute Gasteiger partial charge is 0.129 e. The number of carbonyl (C=O) groups is 1. The second-order valence-corrected chi connectivity index (χ2v) is 6.12. The van der Waals surface area contributed by atoms with E-state index < -0.39 is 0 Å². The monoisotopic (exact) mass is 210 g/mol. The molecule has 1 aliphatic rings. The first kappa shape index (κ1) is 12.7. The molecule has 0 saturated heterocycles. The summed E-state index contributed by atoms with van der Waals surface area (Å²) < 4.78 is 0. The highest BCUT2D eigenvalue weighted by Gasteiger charge is 2.42. The lowest BCUT2D eigenvalue weighted by Crippen LogP contribution is -2.28. The third kappa shape index (κ3) is 2.83. The number of Topliss-reactive ketones (excluding diaryl/α,β-unsaturated/α-hetero) is 1. The van der Waals surface area contributed by atoms with Gasteiger partial charge >= 0.3 is 0 Å². The summed E-state index contributed by atoms with van der Waals surface area (Å²) in [6.07, 6.45) is 4.56. The van der Waals surface area contributed by atoms with Crippen LogP contribution in [0.3, 0.4) is 0 Å². The van der Waals surface area contributed by atoms with E-state index in [0.717, 1.165) is 24.7 Å². The van der Waals surface area contributed by atoms with Gasteiger partial charge in [0.05, 0.1) is 0 Å². The van der Waals surface area contributed by atoms with Gasteiger partial charge in [0.2, 0.25) is 0 Å². The van der Waals surface area contributed by atoms with Crippen molar-refractivity contribution < 1.29 is 4.79 Å². The molecule has 0 aromatic carbocycles. The highest BCUT2D eigenvalue weighted by Crippen LogP contribution is 2.51. The number of rotatable bonds is 4. The molecule has 0 N–H and O–H groups in total. The van der Waals surface area contributed by atoms with Crippen LogP contribution in [0, 0.1) is 23.2 Å². The minimum absolute atomic E-state index is 0.339. The Labute approximate surface area is 94.6 Å². The van der Waals surface area contributed by atoms with Crippen LogP contribution in [0.4, 0.5) is 0 Å². The third-order valence-electron chi connectivity index (χ3n) is 4.78. The molecule has 1 fully saturated rings. The summed E-state index contributed by atoms with van der Waals surface area (Å²) in [5, 5.41) is 0. The Morgan fingerprint density at radius 3 is 2.40 bits per heavy atom. The summed E-state index contributed by atoms with van der Waals surface area (Å²) in [6, 6.07) is 0. The minimum Gasteiger partial charge on any atom is -0.300 e. The number of hydrogen-bond donors (Lipinski definition) is 0. The first-order chi connectivity index (χ1) is 6.85. The summed E-state index contributed by atoms with van der Waals surface area (Å²) in [4.78, 5) is 11.0. The van der Waals surface area contributed by atoms with E-state index in [1.807, 2.05) is 0 Å². The average Bonchev–Trinajstić information content (AvgIpc) is 2.38. The third-order valence-corrected chi connectivity index (χ3v) is 4.78. The van der Waals surface area contributed by atoms with Gasteiger partial charge in [-0.3, -0.25) is 0 Å². The van der Waals surface area contributed by atoms with Gasteiger partial charge in [-0.15, -0.1) is 0 Å². The molecule has 3 atom stereocenters. The van der Waals surface area contributed by atoms with Crippen molar-refractivity contribution in [2.75, 3.05) is 0 Å². The predicted molar refractivity (Wildman–Crippen MR) is 64.7 cm³/mol. The largest absolute Gasteiger partial charge is 0.300 e. The van der Waals surface area contributed by atoms with E-state index in [-0.39, 0.29) is 0 Å². The van der Waals surface area contributed by atoms with E-state index in [1.54, 1.807) is 6.92 Å². The van der Waals surface area contributed by atoms with E-state index in [0.29, 0.717) is 17.1 Å². The molecule has 0 heterocycles. The quantitative estimate of drug-likeness (QED) is 0.683. The van der Waals surface area contributed by atoms with E-state index in [9.17, 15) is 4.79 Å². The molecular formula is C14H26O. The van der Waals surface area contributed by atoms with Crippen molar-refractivity contribution in [3.05, 3.63) is 0 Å². The molecule has 1 aliphatic carbocycles. The van der Waals surface area contributed by atoms with Crippen LogP contribution in [0.1, 0.15) is 60.3 Å². The normalized spacial score (nSPS) is 31.5. The van der Waals surface area contributed by atoms with Crippen molar-refractivity contribution in [3.63, 3.8) is 0 Å². The highest BCUT2D eigenvalue weighted by molar-refractivity contribution is 5.75. The molecule has 0 spiro atoms. The molecule has 1 nitrogen and oxygen atoms in total. The summed E-state index contributed by atoms with van der Waals surface area (Å²) in [6.45, 7) is 11.2. The molecule has 1 rings (SSSR count). The Morgan fingerprint density at radius 2 is 2.00 bits per heavy atom. The van der Waals surface area contributed by atoms with Crippen LogP contribution in [0.15, 0.2) is 0 Å². The second kappa shape index (κ2) is 4.67. The van der Waals surface area contributed by atoms with Gasteiger partial charge in [-0.2, -0.15) is 0 Å². The van der Waals surface area contributed by atoms with Crippen molar-refractivity contribution in [3.8, 4) is 0 Å². The van der Waals surface area contributed by atoms with Gasteiger partial charge in [-0.1, -0.05) is 27.7 Å². The topological polar surface area (TPSA) is 17.1 Å². The van der Waals surface area contributed by atoms with Crippen molar-refractivity contribution in [1.82, 2.24) is 0 Å². The maximum Gasteiger partial charge on any atom is 0.129 e. The van der Waals surface area contributed by atoms with E-state index in [4.69, 9.17) is 0 Å². The molecule has 1 heteroatoms. The van der Waals surface area contributed by atoms with Gasteiger partial charge in [0.25, 0.3) is 0 Å². The SMILES string of the molecule is CC(=O)CC[C@@H](C)[C@H]1CC[C@@H](C)C1(C)C. The van der Waals surface area contributed by atoms with Gasteiger partial charge in [0.15, 0.2) is 0 Å². The first-order valence-corrected chi connectivity index (χ1v) is 6.35. The number of ketones is 1. The zero-order chi connectivity index (χ0) is 11.6. The lowest BCUT2D eigenvalue weighted by molar-refractivity contribution is -0.117. The molecule has 15 heavy (non-hydrogen) atoms. The molecule has 1 saturated carbocycles. The van der Waals surface area contributed by atoms with Gasteiger partial charge in [-0.05, 0) is 49.4 Å². The van der Waals surface area contributed by atoms with Crippen molar-refractivity contribution in [2.24, 2.45) is 23.2 Å².